The maximum absolute atomic E-state index is 13.1. The van der Waals surface area contributed by atoms with Gasteiger partial charge in [-0.05, 0) is 56.0 Å². The highest BCUT2D eigenvalue weighted by Gasteiger charge is 2.79. The molecule has 2 aliphatic carbocycles. The molecule has 0 bridgehead atoms. The highest BCUT2D eigenvalue weighted by Crippen LogP contribution is 2.71. The number of amides is 1. The third-order valence-corrected chi connectivity index (χ3v) is 8.51. The zero-order chi connectivity index (χ0) is 28.4. The van der Waals surface area contributed by atoms with Gasteiger partial charge in [0.2, 0.25) is 11.7 Å². The predicted octanol–water partition coefficient (Wildman–Crippen LogP) is 4.32. The number of hydrogen-bond donors (Lipinski definition) is 2. The fourth-order valence-corrected chi connectivity index (χ4v) is 6.71. The minimum atomic E-state index is -0.802. The van der Waals surface area contributed by atoms with Gasteiger partial charge >= 0.3 is 0 Å². The summed E-state index contributed by atoms with van der Waals surface area (Å²) in [5.74, 6) is 6.44. The van der Waals surface area contributed by atoms with Crippen LogP contribution in [-0.4, -0.2) is 50.5 Å². The second-order valence-electron chi connectivity index (χ2n) is 11.3. The maximum Gasteiger partial charge on any atom is 0.229 e. The molecule has 3 fully saturated rings. The SMILES string of the molecule is CNC(=O)[C@@]12C[C@@H]1[C@@H](n1cnc3c(NCc4cccc(Cl)c4)nc(C#Cc4ccccc4)nc31)[C@@H]1OC(C)(C)O[C@@H]12. The molecule has 0 radical (unpaired) electrons. The van der Waals surface area contributed by atoms with Crippen LogP contribution in [0.15, 0.2) is 60.9 Å². The predicted molar refractivity (Wildman–Crippen MR) is 154 cm³/mol. The first-order valence-electron chi connectivity index (χ1n) is 13.7. The molecule has 2 aromatic heterocycles. The number of halogens is 1. The van der Waals surface area contributed by atoms with E-state index >= 15 is 0 Å². The second-order valence-corrected chi connectivity index (χ2v) is 11.7. The van der Waals surface area contributed by atoms with Gasteiger partial charge in [0.05, 0.1) is 17.8 Å². The molecule has 4 aromatic rings. The molecular weight excluding hydrogens is 540 g/mol. The summed E-state index contributed by atoms with van der Waals surface area (Å²) in [5, 5.41) is 6.94. The van der Waals surface area contributed by atoms with Crippen molar-refractivity contribution in [3.05, 3.63) is 82.9 Å². The Labute approximate surface area is 242 Å². The lowest BCUT2D eigenvalue weighted by atomic mass is 9.98. The summed E-state index contributed by atoms with van der Waals surface area (Å²) in [4.78, 5) is 27.5. The summed E-state index contributed by atoms with van der Waals surface area (Å²) >= 11 is 6.21. The molecule has 2 saturated carbocycles. The van der Waals surface area contributed by atoms with Crippen molar-refractivity contribution in [1.82, 2.24) is 24.8 Å². The first kappa shape index (κ1) is 26.0. The molecule has 2 aromatic carbocycles. The van der Waals surface area contributed by atoms with Crippen LogP contribution >= 0.6 is 11.6 Å². The van der Waals surface area contributed by atoms with E-state index in [1.54, 1.807) is 13.4 Å². The lowest BCUT2D eigenvalue weighted by molar-refractivity contribution is -0.164. The third kappa shape index (κ3) is 4.34. The minimum absolute atomic E-state index is 0.0151. The lowest BCUT2D eigenvalue weighted by Crippen LogP contribution is -2.40. The van der Waals surface area contributed by atoms with Gasteiger partial charge in [-0.25, -0.2) is 15.0 Å². The number of imidazole rings is 1. The Morgan fingerprint density at radius 2 is 1.95 bits per heavy atom. The number of carbonyl (C=O) groups excluding carboxylic acids is 1. The Bertz CT molecular complexity index is 1730. The number of anilines is 1. The second kappa shape index (κ2) is 9.55. The molecule has 10 heteroatoms. The van der Waals surface area contributed by atoms with Crippen LogP contribution in [0, 0.1) is 23.2 Å². The van der Waals surface area contributed by atoms with Crippen LogP contribution < -0.4 is 10.6 Å². The molecular formula is C31H29ClN6O3. The smallest absolute Gasteiger partial charge is 0.229 e. The van der Waals surface area contributed by atoms with Gasteiger partial charge in [0.25, 0.3) is 0 Å². The number of ether oxygens (including phenoxy) is 2. The number of nitrogens with zero attached hydrogens (tertiary/aromatic N) is 4. The standard InChI is InChI=1S/C31H29ClN6O3/c1-30(2)40-25-24(21-15-31(21,26(25)41-30)29(39)33-3)38-17-35-23-27(34-16-19-10-7-11-20(32)14-19)36-22(37-28(23)38)13-12-18-8-5-4-6-9-18/h4-11,14,17,21,24-26H,15-16H2,1-3H3,(H,33,39)(H,34,36,37)/t21-,24-,25+,26+,31+/m1/s1. The van der Waals surface area contributed by atoms with Crippen molar-refractivity contribution in [2.45, 2.75) is 50.8 Å². The van der Waals surface area contributed by atoms with Crippen molar-refractivity contribution >= 4 is 34.5 Å². The molecule has 208 valence electrons. The Hall–Kier alpha value is -3.97. The van der Waals surface area contributed by atoms with E-state index in [1.807, 2.05) is 73.0 Å². The largest absolute Gasteiger partial charge is 0.364 e. The normalized spacial score (nSPS) is 27.0. The quantitative estimate of drug-likeness (QED) is 0.346. The van der Waals surface area contributed by atoms with E-state index in [-0.39, 0.29) is 30.1 Å². The average molecular weight is 569 g/mol. The van der Waals surface area contributed by atoms with E-state index in [1.165, 1.54) is 0 Å². The van der Waals surface area contributed by atoms with Crippen LogP contribution in [0.4, 0.5) is 5.82 Å². The van der Waals surface area contributed by atoms with Crippen LogP contribution in [-0.2, 0) is 20.8 Å². The van der Waals surface area contributed by atoms with Gasteiger partial charge in [0, 0.05) is 30.1 Å². The third-order valence-electron chi connectivity index (χ3n) is 8.28. The number of benzene rings is 2. The van der Waals surface area contributed by atoms with Crippen molar-refractivity contribution in [2.75, 3.05) is 12.4 Å². The summed E-state index contributed by atoms with van der Waals surface area (Å²) < 4.78 is 14.8. The van der Waals surface area contributed by atoms with E-state index in [4.69, 9.17) is 36.0 Å². The minimum Gasteiger partial charge on any atom is -0.364 e. The molecule has 9 nitrogen and oxygen atoms in total. The van der Waals surface area contributed by atoms with E-state index < -0.39 is 11.2 Å². The summed E-state index contributed by atoms with van der Waals surface area (Å²) in [6.45, 7) is 4.27. The molecule has 5 atom stereocenters. The summed E-state index contributed by atoms with van der Waals surface area (Å²) in [6, 6.07) is 17.2. The molecule has 2 N–H and O–H groups in total. The van der Waals surface area contributed by atoms with Crippen LogP contribution in [0.2, 0.25) is 5.02 Å². The van der Waals surface area contributed by atoms with Crippen molar-refractivity contribution in [1.29, 1.82) is 0 Å². The summed E-state index contributed by atoms with van der Waals surface area (Å²) in [5.41, 5.74) is 2.48. The maximum atomic E-state index is 13.1. The molecule has 1 saturated heterocycles. The van der Waals surface area contributed by atoms with E-state index in [2.05, 4.69) is 22.5 Å². The summed E-state index contributed by atoms with van der Waals surface area (Å²) in [7, 11) is 1.67. The first-order valence-corrected chi connectivity index (χ1v) is 14.0. The molecule has 1 amide bonds. The zero-order valence-corrected chi connectivity index (χ0v) is 23.6. The number of rotatable bonds is 5. The van der Waals surface area contributed by atoms with E-state index in [0.717, 1.165) is 11.1 Å². The lowest BCUT2D eigenvalue weighted by Gasteiger charge is -2.24. The number of nitrogens with one attached hydrogen (secondary N) is 2. The van der Waals surface area contributed by atoms with E-state index in [9.17, 15) is 4.79 Å². The fourth-order valence-electron chi connectivity index (χ4n) is 6.50. The molecule has 1 aliphatic heterocycles. The average Bonchev–Trinajstić information content (AvgIpc) is 3.28. The zero-order valence-electron chi connectivity index (χ0n) is 22.9. The topological polar surface area (TPSA) is 103 Å². The molecule has 0 spiro atoms. The van der Waals surface area contributed by atoms with Crippen LogP contribution in [0.5, 0.6) is 0 Å². The highest BCUT2D eigenvalue weighted by molar-refractivity contribution is 6.30. The molecule has 41 heavy (non-hydrogen) atoms. The summed E-state index contributed by atoms with van der Waals surface area (Å²) in [6.07, 6.45) is 1.80. The number of aromatic nitrogens is 4. The fraction of sp³-hybridized carbons (Fsp3) is 0.355. The molecule has 3 aliphatic rings. The van der Waals surface area contributed by atoms with Gasteiger partial charge in [-0.2, -0.15) is 0 Å². The van der Waals surface area contributed by atoms with Crippen molar-refractivity contribution in [3.63, 3.8) is 0 Å². The Balaban J connectivity index is 1.31. The van der Waals surface area contributed by atoms with Gasteiger partial charge in [0.1, 0.15) is 12.2 Å². The van der Waals surface area contributed by atoms with Gasteiger partial charge in [0.15, 0.2) is 22.8 Å². The molecule has 0 unspecified atom stereocenters. The van der Waals surface area contributed by atoms with Gasteiger partial charge in [-0.15, -0.1) is 0 Å². The highest BCUT2D eigenvalue weighted by atomic mass is 35.5. The van der Waals surface area contributed by atoms with Crippen LogP contribution in [0.1, 0.15) is 43.3 Å². The van der Waals surface area contributed by atoms with Gasteiger partial charge in [-0.3, -0.25) is 4.79 Å². The van der Waals surface area contributed by atoms with Crippen LogP contribution in [0.3, 0.4) is 0 Å². The van der Waals surface area contributed by atoms with Crippen molar-refractivity contribution in [2.24, 2.45) is 11.3 Å². The van der Waals surface area contributed by atoms with Crippen molar-refractivity contribution < 1.29 is 14.3 Å². The Kier molecular flexibility index (Phi) is 6.05. The molecule has 3 heterocycles. The number of hydrogen-bond acceptors (Lipinski definition) is 7. The number of fused-ring (bicyclic) bond motifs is 4. The van der Waals surface area contributed by atoms with Crippen LogP contribution in [0.25, 0.3) is 11.2 Å². The van der Waals surface area contributed by atoms with Gasteiger partial charge < -0.3 is 24.7 Å². The first-order chi connectivity index (χ1) is 19.8. The van der Waals surface area contributed by atoms with E-state index in [0.29, 0.717) is 40.8 Å². The Morgan fingerprint density at radius 3 is 2.73 bits per heavy atom. The molecule has 7 rings (SSSR count). The van der Waals surface area contributed by atoms with Gasteiger partial charge in [-0.1, -0.05) is 47.9 Å². The monoisotopic (exact) mass is 568 g/mol. The Morgan fingerprint density at radius 1 is 1.12 bits per heavy atom. The number of carbonyl (C=O) groups is 1. The van der Waals surface area contributed by atoms with Crippen molar-refractivity contribution in [3.8, 4) is 11.8 Å².